The number of carbonyl (C=O) groups excluding carboxylic acids is 1. The summed E-state index contributed by atoms with van der Waals surface area (Å²) < 4.78 is 8.10. The molecule has 0 atom stereocenters. The van der Waals surface area contributed by atoms with Crippen LogP contribution in [0.4, 0.5) is 5.82 Å². The third-order valence-corrected chi connectivity index (χ3v) is 6.40. The van der Waals surface area contributed by atoms with Gasteiger partial charge in [-0.05, 0) is 30.2 Å². The Morgan fingerprint density at radius 3 is 2.94 bits per heavy atom. The van der Waals surface area contributed by atoms with Crippen molar-refractivity contribution in [2.45, 2.75) is 13.5 Å². The van der Waals surface area contributed by atoms with Gasteiger partial charge in [-0.2, -0.15) is 0 Å². The average Bonchev–Trinajstić information content (AvgIpc) is 3.49. The second kappa shape index (κ2) is 7.51. The molecular formula is C22H20N6O2S. The highest BCUT2D eigenvalue weighted by molar-refractivity contribution is 7.23. The van der Waals surface area contributed by atoms with E-state index < -0.39 is 0 Å². The number of fused-ring (bicyclic) bond motifs is 3. The Labute approximate surface area is 181 Å². The fourth-order valence-corrected chi connectivity index (χ4v) is 4.81. The van der Waals surface area contributed by atoms with Gasteiger partial charge >= 0.3 is 0 Å². The van der Waals surface area contributed by atoms with Crippen LogP contribution in [-0.2, 0) is 13.6 Å². The lowest BCUT2D eigenvalue weighted by Crippen LogP contribution is -2.22. The van der Waals surface area contributed by atoms with E-state index in [0.717, 1.165) is 43.1 Å². The summed E-state index contributed by atoms with van der Waals surface area (Å²) >= 11 is 1.69. The van der Waals surface area contributed by atoms with Crippen molar-refractivity contribution in [3.63, 3.8) is 0 Å². The van der Waals surface area contributed by atoms with Crippen LogP contribution in [0.25, 0.3) is 31.7 Å². The molecule has 0 aliphatic rings. The molecule has 5 aromatic rings. The summed E-state index contributed by atoms with van der Waals surface area (Å²) in [5, 5.41) is 9.72. The first-order valence-corrected chi connectivity index (χ1v) is 10.6. The van der Waals surface area contributed by atoms with E-state index in [2.05, 4.69) is 39.0 Å². The van der Waals surface area contributed by atoms with Gasteiger partial charge in [0.2, 0.25) is 0 Å². The highest BCUT2D eigenvalue weighted by atomic mass is 32.1. The van der Waals surface area contributed by atoms with Gasteiger partial charge in [0, 0.05) is 25.5 Å². The van der Waals surface area contributed by atoms with Crippen molar-refractivity contribution in [1.82, 2.24) is 25.0 Å². The van der Waals surface area contributed by atoms with E-state index in [1.807, 2.05) is 37.1 Å². The smallest absolute Gasteiger partial charge is 0.256 e. The van der Waals surface area contributed by atoms with Gasteiger partial charge in [0.25, 0.3) is 5.91 Å². The van der Waals surface area contributed by atoms with Crippen molar-refractivity contribution in [3.05, 3.63) is 59.7 Å². The second-order valence-electron chi connectivity index (χ2n) is 7.27. The molecule has 156 valence electrons. The fraction of sp³-hybridized carbons (Fsp3) is 0.182. The summed E-state index contributed by atoms with van der Waals surface area (Å²) in [6.45, 7) is 2.13. The molecule has 0 radical (unpaired) electrons. The molecular weight excluding hydrogens is 412 g/mol. The van der Waals surface area contributed by atoms with E-state index in [9.17, 15) is 4.79 Å². The van der Waals surface area contributed by atoms with Gasteiger partial charge < -0.3 is 19.7 Å². The Hall–Kier alpha value is -3.72. The van der Waals surface area contributed by atoms with Crippen LogP contribution in [0.2, 0.25) is 0 Å². The molecule has 1 amide bonds. The Kier molecular flexibility index (Phi) is 4.67. The number of rotatable bonds is 5. The van der Waals surface area contributed by atoms with Gasteiger partial charge in [0.1, 0.15) is 16.8 Å². The Morgan fingerprint density at radius 2 is 2.16 bits per heavy atom. The zero-order chi connectivity index (χ0) is 21.5. The van der Waals surface area contributed by atoms with Crippen LogP contribution in [0.1, 0.15) is 21.7 Å². The summed E-state index contributed by atoms with van der Waals surface area (Å²) in [4.78, 5) is 22.7. The normalized spacial score (nSPS) is 11.3. The van der Waals surface area contributed by atoms with Crippen LogP contribution in [0.3, 0.4) is 0 Å². The SMILES string of the molecule is CNc1nc2cc(-c3cccc(CNC(=O)c4cnoc4C)c3)sc2c2c1ncn2C. The zero-order valence-electron chi connectivity index (χ0n) is 17.3. The molecule has 8 nitrogen and oxygen atoms in total. The van der Waals surface area contributed by atoms with E-state index in [4.69, 9.17) is 9.51 Å². The molecule has 31 heavy (non-hydrogen) atoms. The van der Waals surface area contributed by atoms with Crippen LogP contribution in [0, 0.1) is 6.92 Å². The number of pyridine rings is 1. The molecule has 1 aromatic carbocycles. The monoisotopic (exact) mass is 432 g/mol. The Bertz CT molecular complexity index is 1430. The van der Waals surface area contributed by atoms with Crippen molar-refractivity contribution in [3.8, 4) is 10.4 Å². The van der Waals surface area contributed by atoms with Gasteiger partial charge in [0.15, 0.2) is 5.82 Å². The molecule has 0 saturated carbocycles. The number of benzene rings is 1. The number of aromatic nitrogens is 4. The average molecular weight is 433 g/mol. The van der Waals surface area contributed by atoms with Crippen LogP contribution < -0.4 is 10.6 Å². The number of nitrogens with zero attached hydrogens (tertiary/aromatic N) is 4. The lowest BCUT2D eigenvalue weighted by molar-refractivity contribution is 0.0949. The van der Waals surface area contributed by atoms with Gasteiger partial charge in [-0.1, -0.05) is 23.4 Å². The first kappa shape index (κ1) is 19.3. The molecule has 4 aromatic heterocycles. The molecule has 0 saturated heterocycles. The molecule has 0 unspecified atom stereocenters. The lowest BCUT2D eigenvalue weighted by atomic mass is 10.1. The minimum Gasteiger partial charge on any atom is -0.371 e. The molecule has 0 aliphatic heterocycles. The molecule has 0 spiro atoms. The fourth-order valence-electron chi connectivity index (χ4n) is 3.62. The first-order valence-electron chi connectivity index (χ1n) is 9.76. The molecule has 2 N–H and O–H groups in total. The molecule has 4 heterocycles. The summed E-state index contributed by atoms with van der Waals surface area (Å²) in [6.07, 6.45) is 3.25. The van der Waals surface area contributed by atoms with E-state index in [-0.39, 0.29) is 5.91 Å². The van der Waals surface area contributed by atoms with Gasteiger partial charge in [-0.25, -0.2) is 9.97 Å². The number of aryl methyl sites for hydroxylation is 2. The second-order valence-corrected chi connectivity index (χ2v) is 8.32. The maximum absolute atomic E-state index is 12.3. The van der Waals surface area contributed by atoms with Crippen LogP contribution in [-0.4, -0.2) is 32.6 Å². The number of amides is 1. The minimum absolute atomic E-state index is 0.201. The first-order chi connectivity index (χ1) is 15.0. The highest BCUT2D eigenvalue weighted by Gasteiger charge is 2.16. The van der Waals surface area contributed by atoms with Gasteiger partial charge in [-0.3, -0.25) is 4.79 Å². The lowest BCUT2D eigenvalue weighted by Gasteiger charge is -2.06. The molecule has 9 heteroatoms. The number of nitrogens with one attached hydrogen (secondary N) is 2. The Balaban J connectivity index is 1.47. The molecule has 5 rings (SSSR count). The number of hydrogen-bond acceptors (Lipinski definition) is 7. The summed E-state index contributed by atoms with van der Waals surface area (Å²) in [5.41, 5.74) is 5.41. The molecule has 0 fully saturated rings. The van der Waals surface area contributed by atoms with Crippen molar-refractivity contribution >= 4 is 44.3 Å². The third kappa shape index (κ3) is 3.32. The summed E-state index contributed by atoms with van der Waals surface area (Å²) in [7, 11) is 3.85. The van der Waals surface area contributed by atoms with Gasteiger partial charge in [-0.15, -0.1) is 11.3 Å². The number of hydrogen-bond donors (Lipinski definition) is 2. The van der Waals surface area contributed by atoms with Crippen LogP contribution in [0.5, 0.6) is 0 Å². The maximum atomic E-state index is 12.3. The zero-order valence-corrected chi connectivity index (χ0v) is 18.1. The van der Waals surface area contributed by atoms with E-state index >= 15 is 0 Å². The van der Waals surface area contributed by atoms with Crippen molar-refractivity contribution in [2.75, 3.05) is 12.4 Å². The third-order valence-electron chi connectivity index (χ3n) is 5.22. The van der Waals surface area contributed by atoms with Gasteiger partial charge in [0.05, 0.1) is 28.3 Å². The minimum atomic E-state index is -0.201. The van der Waals surface area contributed by atoms with Crippen LogP contribution in [0.15, 0.2) is 47.4 Å². The highest BCUT2D eigenvalue weighted by Crippen LogP contribution is 2.38. The van der Waals surface area contributed by atoms with Crippen molar-refractivity contribution < 1.29 is 9.32 Å². The number of carbonyl (C=O) groups is 1. The predicted molar refractivity (Wildman–Crippen MR) is 121 cm³/mol. The van der Waals surface area contributed by atoms with Crippen molar-refractivity contribution in [2.24, 2.45) is 7.05 Å². The van der Waals surface area contributed by atoms with E-state index in [1.165, 1.54) is 6.20 Å². The quantitative estimate of drug-likeness (QED) is 0.434. The largest absolute Gasteiger partial charge is 0.371 e. The van der Waals surface area contributed by atoms with E-state index in [1.54, 1.807) is 18.3 Å². The van der Waals surface area contributed by atoms with Crippen molar-refractivity contribution in [1.29, 1.82) is 0 Å². The number of anilines is 1. The van der Waals surface area contributed by atoms with Crippen LogP contribution >= 0.6 is 11.3 Å². The molecule has 0 bridgehead atoms. The maximum Gasteiger partial charge on any atom is 0.256 e. The number of thiophene rings is 1. The summed E-state index contributed by atoms with van der Waals surface area (Å²) in [5.74, 6) is 1.08. The van der Waals surface area contributed by atoms with E-state index in [0.29, 0.717) is 17.9 Å². The Morgan fingerprint density at radius 1 is 1.29 bits per heavy atom. The standard InChI is InChI=1S/C22H20N6O2S/c1-12-15(10-26-30-12)22(29)24-9-13-5-4-6-14(7-13)17-8-16-20(31-17)19-18(21(23-2)27-16)25-11-28(19)3/h4-8,10-11H,9H2,1-3H3,(H,23,27)(H,24,29). The molecule has 0 aliphatic carbocycles. The summed E-state index contributed by atoms with van der Waals surface area (Å²) in [6, 6.07) is 10.3. The predicted octanol–water partition coefficient (Wildman–Crippen LogP) is 4.12. The number of imidazole rings is 1. The topological polar surface area (TPSA) is 97.9 Å².